The third-order valence-electron chi connectivity index (χ3n) is 5.11. The molecular weight excluding hydrogens is 452 g/mol. The Morgan fingerprint density at radius 3 is 2.65 bits per heavy atom. The van der Waals surface area contributed by atoms with Crippen molar-refractivity contribution in [3.8, 4) is 11.3 Å². The number of thiazole rings is 1. The Morgan fingerprint density at radius 2 is 1.88 bits per heavy atom. The zero-order chi connectivity index (χ0) is 23.7. The predicted octanol–water partition coefficient (Wildman–Crippen LogP) is 3.08. The number of nitrogens with one attached hydrogen (secondary N) is 2. The molecule has 0 aliphatic heterocycles. The number of fused-ring (bicyclic) bond motifs is 1. The van der Waals surface area contributed by atoms with E-state index in [0.717, 1.165) is 21.1 Å². The van der Waals surface area contributed by atoms with Gasteiger partial charge in [-0.05, 0) is 13.0 Å². The molecule has 34 heavy (non-hydrogen) atoms. The molecule has 4 aromatic heterocycles. The SMILES string of the molecule is Cc1cnc(CNC(=O)c2cnn(C)c2C(=O)Nc2ccn3cc(-c4ccccc4)nc3n2)s1. The molecule has 170 valence electrons. The molecule has 0 atom stereocenters. The van der Waals surface area contributed by atoms with Crippen molar-refractivity contribution in [2.24, 2.45) is 7.05 Å². The second-order valence-corrected chi connectivity index (χ2v) is 8.86. The minimum absolute atomic E-state index is 0.128. The van der Waals surface area contributed by atoms with E-state index in [1.807, 2.05) is 43.5 Å². The van der Waals surface area contributed by atoms with Crippen LogP contribution in [-0.4, -0.2) is 40.9 Å². The van der Waals surface area contributed by atoms with Crippen molar-refractivity contribution in [1.82, 2.24) is 34.4 Å². The molecule has 10 nitrogen and oxygen atoms in total. The lowest BCUT2D eigenvalue weighted by Crippen LogP contribution is -2.26. The fraction of sp³-hybridized carbons (Fsp3) is 0.130. The van der Waals surface area contributed by atoms with Gasteiger partial charge in [-0.2, -0.15) is 10.1 Å². The molecule has 2 amide bonds. The molecule has 0 saturated carbocycles. The van der Waals surface area contributed by atoms with Gasteiger partial charge in [0, 0.05) is 36.1 Å². The van der Waals surface area contributed by atoms with Crippen molar-refractivity contribution in [1.29, 1.82) is 0 Å². The number of anilines is 1. The Kier molecular flexibility index (Phi) is 5.60. The van der Waals surface area contributed by atoms with Crippen LogP contribution in [0.25, 0.3) is 17.0 Å². The average molecular weight is 473 g/mol. The van der Waals surface area contributed by atoms with Crippen LogP contribution in [0.1, 0.15) is 30.7 Å². The van der Waals surface area contributed by atoms with E-state index in [9.17, 15) is 9.59 Å². The Hall–Kier alpha value is -4.38. The van der Waals surface area contributed by atoms with E-state index in [4.69, 9.17) is 0 Å². The lowest BCUT2D eigenvalue weighted by atomic mass is 10.2. The summed E-state index contributed by atoms with van der Waals surface area (Å²) in [5.41, 5.74) is 2.04. The first-order valence-electron chi connectivity index (χ1n) is 10.4. The van der Waals surface area contributed by atoms with E-state index in [2.05, 4.69) is 30.7 Å². The molecular formula is C23H20N8O2S. The van der Waals surface area contributed by atoms with Crippen LogP contribution >= 0.6 is 11.3 Å². The highest BCUT2D eigenvalue weighted by Gasteiger charge is 2.23. The van der Waals surface area contributed by atoms with Gasteiger partial charge in [0.2, 0.25) is 5.78 Å². The zero-order valence-corrected chi connectivity index (χ0v) is 19.2. The number of carbonyl (C=O) groups excluding carboxylic acids is 2. The minimum Gasteiger partial charge on any atom is -0.345 e. The van der Waals surface area contributed by atoms with Crippen LogP contribution in [0.5, 0.6) is 0 Å². The molecule has 4 heterocycles. The first kappa shape index (κ1) is 21.5. The number of rotatable bonds is 6. The molecule has 0 saturated heterocycles. The number of aromatic nitrogens is 6. The number of nitrogens with zero attached hydrogens (tertiary/aromatic N) is 6. The van der Waals surface area contributed by atoms with Crippen LogP contribution in [0.2, 0.25) is 0 Å². The Balaban J connectivity index is 1.34. The van der Waals surface area contributed by atoms with Gasteiger partial charge in [-0.15, -0.1) is 11.3 Å². The number of benzene rings is 1. The standard InChI is InChI=1S/C23H20N8O2S/c1-14-10-24-19(34-14)12-25-21(32)16-11-26-30(2)20(16)22(33)28-18-8-9-31-13-17(27-23(31)29-18)15-6-4-3-5-7-15/h3-11,13H,12H2,1-2H3,(H,25,32)(H,27,28,29,33). The molecule has 11 heteroatoms. The molecule has 2 N–H and O–H groups in total. The molecule has 1 aromatic carbocycles. The van der Waals surface area contributed by atoms with Crippen LogP contribution in [0.4, 0.5) is 5.82 Å². The van der Waals surface area contributed by atoms with Gasteiger partial charge in [0.15, 0.2) is 0 Å². The number of hydrogen-bond acceptors (Lipinski definition) is 7. The van der Waals surface area contributed by atoms with Gasteiger partial charge in [-0.25, -0.2) is 9.97 Å². The smallest absolute Gasteiger partial charge is 0.275 e. The van der Waals surface area contributed by atoms with Gasteiger partial charge >= 0.3 is 0 Å². The van der Waals surface area contributed by atoms with Gasteiger partial charge in [-0.1, -0.05) is 30.3 Å². The summed E-state index contributed by atoms with van der Waals surface area (Å²) < 4.78 is 3.14. The molecule has 5 rings (SSSR count). The van der Waals surface area contributed by atoms with Crippen molar-refractivity contribution in [3.63, 3.8) is 0 Å². The highest BCUT2D eigenvalue weighted by Crippen LogP contribution is 2.19. The summed E-state index contributed by atoms with van der Waals surface area (Å²) in [7, 11) is 1.60. The Labute approximate surface area is 198 Å². The van der Waals surface area contributed by atoms with E-state index in [-0.39, 0.29) is 17.8 Å². The fourth-order valence-corrected chi connectivity index (χ4v) is 4.20. The molecule has 0 unspecified atom stereocenters. The van der Waals surface area contributed by atoms with Crippen molar-refractivity contribution in [2.45, 2.75) is 13.5 Å². The third kappa shape index (κ3) is 4.28. The van der Waals surface area contributed by atoms with Gasteiger partial charge in [0.1, 0.15) is 16.5 Å². The maximum absolute atomic E-state index is 13.0. The van der Waals surface area contributed by atoms with E-state index in [1.54, 1.807) is 29.9 Å². The first-order chi connectivity index (χ1) is 16.5. The van der Waals surface area contributed by atoms with Crippen LogP contribution in [-0.2, 0) is 13.6 Å². The number of hydrogen-bond donors (Lipinski definition) is 2. The number of amides is 2. The van der Waals surface area contributed by atoms with Crippen LogP contribution in [0.3, 0.4) is 0 Å². The van der Waals surface area contributed by atoms with Crippen LogP contribution in [0, 0.1) is 6.92 Å². The number of aryl methyl sites for hydroxylation is 2. The van der Waals surface area contributed by atoms with Gasteiger partial charge < -0.3 is 10.6 Å². The third-order valence-corrected chi connectivity index (χ3v) is 6.02. The van der Waals surface area contributed by atoms with E-state index in [0.29, 0.717) is 11.6 Å². The van der Waals surface area contributed by atoms with Gasteiger partial charge in [0.05, 0.1) is 24.0 Å². The lowest BCUT2D eigenvalue weighted by molar-refractivity contribution is 0.0936. The summed E-state index contributed by atoms with van der Waals surface area (Å²) in [4.78, 5) is 40.0. The zero-order valence-electron chi connectivity index (χ0n) is 18.4. The summed E-state index contributed by atoms with van der Waals surface area (Å²) in [6.07, 6.45) is 6.76. The normalized spacial score (nSPS) is 11.0. The quantitative estimate of drug-likeness (QED) is 0.392. The topological polar surface area (TPSA) is 119 Å². The average Bonchev–Trinajstić information content (AvgIpc) is 3.55. The Bertz CT molecular complexity index is 1500. The van der Waals surface area contributed by atoms with E-state index < -0.39 is 11.8 Å². The maximum Gasteiger partial charge on any atom is 0.275 e. The second-order valence-electron chi connectivity index (χ2n) is 7.54. The van der Waals surface area contributed by atoms with Gasteiger partial charge in [0.25, 0.3) is 11.8 Å². The summed E-state index contributed by atoms with van der Waals surface area (Å²) in [6.45, 7) is 2.22. The first-order valence-corrected chi connectivity index (χ1v) is 11.2. The van der Waals surface area contributed by atoms with Gasteiger partial charge in [-0.3, -0.25) is 18.7 Å². The van der Waals surface area contributed by atoms with Crippen molar-refractivity contribution in [3.05, 3.63) is 82.3 Å². The second kappa shape index (κ2) is 8.87. The largest absolute Gasteiger partial charge is 0.345 e. The number of imidazole rings is 1. The minimum atomic E-state index is -0.498. The summed E-state index contributed by atoms with van der Waals surface area (Å²) >= 11 is 1.50. The van der Waals surface area contributed by atoms with Crippen LogP contribution in [0.15, 0.2) is 61.2 Å². The van der Waals surface area contributed by atoms with E-state index in [1.165, 1.54) is 22.2 Å². The molecule has 0 fully saturated rings. The highest BCUT2D eigenvalue weighted by molar-refractivity contribution is 7.11. The Morgan fingerprint density at radius 1 is 1.06 bits per heavy atom. The predicted molar refractivity (Wildman–Crippen MR) is 128 cm³/mol. The maximum atomic E-state index is 13.0. The molecule has 5 aromatic rings. The highest BCUT2D eigenvalue weighted by atomic mass is 32.1. The van der Waals surface area contributed by atoms with Crippen molar-refractivity contribution in [2.75, 3.05) is 5.32 Å². The summed E-state index contributed by atoms with van der Waals surface area (Å²) in [5, 5.41) is 10.4. The monoisotopic (exact) mass is 472 g/mol. The molecule has 0 aliphatic rings. The molecule has 0 bridgehead atoms. The molecule has 0 aliphatic carbocycles. The van der Waals surface area contributed by atoms with Crippen molar-refractivity contribution < 1.29 is 9.59 Å². The molecule has 0 spiro atoms. The van der Waals surface area contributed by atoms with Crippen LogP contribution < -0.4 is 10.6 Å². The summed E-state index contributed by atoms with van der Waals surface area (Å²) in [6, 6.07) is 11.4. The lowest BCUT2D eigenvalue weighted by Gasteiger charge is -2.08. The number of carbonyl (C=O) groups is 2. The summed E-state index contributed by atoms with van der Waals surface area (Å²) in [5.74, 6) is -0.149. The van der Waals surface area contributed by atoms with Crippen molar-refractivity contribution >= 4 is 34.7 Å². The fourth-order valence-electron chi connectivity index (χ4n) is 3.47. The molecule has 0 radical (unpaired) electrons. The van der Waals surface area contributed by atoms with E-state index >= 15 is 0 Å².